The smallest absolute Gasteiger partial charge is 0.0726 e. The minimum atomic E-state index is 1.11. The molecule has 0 saturated heterocycles. The first-order valence-electron chi connectivity index (χ1n) is 16.6. The van der Waals surface area contributed by atoms with Crippen LogP contribution < -0.4 is 5.32 Å². The summed E-state index contributed by atoms with van der Waals surface area (Å²) in [6.07, 6.45) is 28.7. The second-order valence-corrected chi connectivity index (χ2v) is 12.0. The number of nitrogens with zero attached hydrogens (tertiary/aromatic N) is 1. The molecule has 0 saturated carbocycles. The van der Waals surface area contributed by atoms with Crippen LogP contribution in [0.4, 0.5) is 11.4 Å². The Morgan fingerprint density at radius 1 is 0.641 bits per heavy atom. The number of rotatable bonds is 19. The van der Waals surface area contributed by atoms with Gasteiger partial charge in [0, 0.05) is 16.8 Å². The summed E-state index contributed by atoms with van der Waals surface area (Å²) in [5, 5.41) is 5.09. The molecule has 3 aromatic rings. The monoisotopic (exact) mass is 526 g/mol. The minimum absolute atomic E-state index is 1.11. The molecule has 0 radical (unpaired) electrons. The molecule has 2 aromatic carbocycles. The second-order valence-electron chi connectivity index (χ2n) is 12.0. The van der Waals surface area contributed by atoms with Gasteiger partial charge in [-0.2, -0.15) is 0 Å². The van der Waals surface area contributed by atoms with E-state index in [9.17, 15) is 0 Å². The first kappa shape index (κ1) is 29.6. The highest BCUT2D eigenvalue weighted by Gasteiger charge is 2.18. The van der Waals surface area contributed by atoms with Crippen LogP contribution in [0.3, 0.4) is 0 Å². The fraction of sp³-hybridized carbons (Fsp3) is 0.595. The molecule has 0 unspecified atom stereocenters. The van der Waals surface area contributed by atoms with Crippen molar-refractivity contribution in [1.82, 2.24) is 4.98 Å². The van der Waals surface area contributed by atoms with Gasteiger partial charge >= 0.3 is 0 Å². The van der Waals surface area contributed by atoms with E-state index >= 15 is 0 Å². The number of anilines is 2. The van der Waals surface area contributed by atoms with E-state index in [1.165, 1.54) is 156 Å². The summed E-state index contributed by atoms with van der Waals surface area (Å²) in [6, 6.07) is 17.7. The summed E-state index contributed by atoms with van der Waals surface area (Å²) in [5.41, 5.74) is 7.82. The highest BCUT2D eigenvalue weighted by Crippen LogP contribution is 2.36. The first-order valence-corrected chi connectivity index (χ1v) is 16.6. The summed E-state index contributed by atoms with van der Waals surface area (Å²) >= 11 is 0. The Bertz CT molecular complexity index is 1090. The van der Waals surface area contributed by atoms with E-state index in [1.54, 1.807) is 0 Å². The normalized spacial score (nSPS) is 13.1. The lowest BCUT2D eigenvalue weighted by atomic mass is 9.92. The predicted molar refractivity (Wildman–Crippen MR) is 171 cm³/mol. The maximum atomic E-state index is 5.10. The molecule has 2 heteroatoms. The van der Waals surface area contributed by atoms with Crippen LogP contribution in [0.2, 0.25) is 0 Å². The Kier molecular flexibility index (Phi) is 13.2. The van der Waals surface area contributed by atoms with Crippen LogP contribution in [0.5, 0.6) is 0 Å². The molecule has 39 heavy (non-hydrogen) atoms. The highest BCUT2D eigenvalue weighted by molar-refractivity contribution is 5.95. The molecule has 1 N–H and O–H groups in total. The standard InChI is InChI=1S/C37H54N2/c1-2-3-4-5-6-7-8-9-10-11-12-13-14-15-16-18-23-31-28-29-36-34(30-31)37(38-32-24-19-17-20-25-32)33-26-21-22-27-35(33)39-36/h17,19-20,24-25,28-30H,2-16,18,21-23,26-27H2,1H3,(H,38,39). The average Bonchev–Trinajstić information content (AvgIpc) is 2.97. The van der Waals surface area contributed by atoms with Crippen molar-refractivity contribution in [2.75, 3.05) is 5.32 Å². The van der Waals surface area contributed by atoms with E-state index in [0.717, 1.165) is 18.4 Å². The van der Waals surface area contributed by atoms with Crippen LogP contribution in [-0.2, 0) is 19.3 Å². The predicted octanol–water partition coefficient (Wildman–Crippen LogP) is 11.7. The van der Waals surface area contributed by atoms with Crippen LogP contribution in [0.25, 0.3) is 10.9 Å². The van der Waals surface area contributed by atoms with Crippen molar-refractivity contribution in [1.29, 1.82) is 0 Å². The van der Waals surface area contributed by atoms with Crippen molar-refractivity contribution in [3.63, 3.8) is 0 Å². The van der Waals surface area contributed by atoms with Gasteiger partial charge in [0.05, 0.1) is 11.2 Å². The van der Waals surface area contributed by atoms with Gasteiger partial charge in [0.15, 0.2) is 0 Å². The van der Waals surface area contributed by atoms with Crippen molar-refractivity contribution >= 4 is 22.3 Å². The van der Waals surface area contributed by atoms with Gasteiger partial charge in [-0.05, 0) is 73.9 Å². The third kappa shape index (κ3) is 9.96. The Balaban J connectivity index is 1.16. The second kappa shape index (κ2) is 17.4. The molecule has 4 rings (SSSR count). The average molecular weight is 527 g/mol. The molecule has 1 aliphatic rings. The van der Waals surface area contributed by atoms with E-state index < -0.39 is 0 Å². The zero-order valence-electron chi connectivity index (χ0n) is 24.9. The van der Waals surface area contributed by atoms with Crippen LogP contribution in [0.1, 0.15) is 139 Å². The Morgan fingerprint density at radius 3 is 1.87 bits per heavy atom. The lowest BCUT2D eigenvalue weighted by Gasteiger charge is -2.22. The maximum absolute atomic E-state index is 5.10. The van der Waals surface area contributed by atoms with E-state index in [0.29, 0.717) is 0 Å². The number of unbranched alkanes of at least 4 members (excludes halogenated alkanes) is 15. The van der Waals surface area contributed by atoms with E-state index in [1.807, 2.05) is 0 Å². The fourth-order valence-electron chi connectivity index (χ4n) is 6.31. The van der Waals surface area contributed by atoms with Gasteiger partial charge in [-0.1, -0.05) is 128 Å². The number of fused-ring (bicyclic) bond motifs is 2. The molecule has 212 valence electrons. The van der Waals surface area contributed by atoms with Crippen molar-refractivity contribution in [3.05, 3.63) is 65.4 Å². The van der Waals surface area contributed by atoms with Crippen LogP contribution in [-0.4, -0.2) is 4.98 Å². The van der Waals surface area contributed by atoms with Gasteiger partial charge in [-0.25, -0.2) is 0 Å². The number of nitrogens with one attached hydrogen (secondary N) is 1. The number of aryl methyl sites for hydroxylation is 2. The Hall–Kier alpha value is -2.35. The van der Waals surface area contributed by atoms with Gasteiger partial charge in [0.1, 0.15) is 0 Å². The zero-order valence-corrected chi connectivity index (χ0v) is 24.9. The van der Waals surface area contributed by atoms with Gasteiger partial charge < -0.3 is 5.32 Å². The van der Waals surface area contributed by atoms with Crippen molar-refractivity contribution in [2.45, 2.75) is 142 Å². The molecule has 0 fully saturated rings. The molecule has 1 heterocycles. The molecular formula is C37H54N2. The molecule has 0 bridgehead atoms. The van der Waals surface area contributed by atoms with E-state index in [4.69, 9.17) is 4.98 Å². The molecule has 1 aliphatic carbocycles. The number of hydrogen-bond donors (Lipinski definition) is 1. The lowest BCUT2D eigenvalue weighted by molar-refractivity contribution is 0.529. The van der Waals surface area contributed by atoms with Crippen molar-refractivity contribution in [3.8, 4) is 0 Å². The van der Waals surface area contributed by atoms with Gasteiger partial charge in [0.2, 0.25) is 0 Å². The molecule has 0 atom stereocenters. The summed E-state index contributed by atoms with van der Waals surface area (Å²) in [5.74, 6) is 0. The van der Waals surface area contributed by atoms with Gasteiger partial charge in [-0.3, -0.25) is 4.98 Å². The van der Waals surface area contributed by atoms with Gasteiger partial charge in [-0.15, -0.1) is 0 Å². The lowest BCUT2D eigenvalue weighted by Crippen LogP contribution is -2.09. The Labute approximate surface area is 239 Å². The van der Waals surface area contributed by atoms with E-state index in [2.05, 4.69) is 60.8 Å². The quantitative estimate of drug-likeness (QED) is 0.157. The maximum Gasteiger partial charge on any atom is 0.0726 e. The third-order valence-electron chi connectivity index (χ3n) is 8.69. The number of pyridine rings is 1. The van der Waals surface area contributed by atoms with Crippen LogP contribution in [0.15, 0.2) is 48.5 Å². The van der Waals surface area contributed by atoms with Crippen molar-refractivity contribution in [2.24, 2.45) is 0 Å². The van der Waals surface area contributed by atoms with Gasteiger partial charge in [0.25, 0.3) is 0 Å². The van der Waals surface area contributed by atoms with E-state index in [-0.39, 0.29) is 0 Å². The molecule has 1 aromatic heterocycles. The number of aromatic nitrogens is 1. The highest BCUT2D eigenvalue weighted by atomic mass is 14.9. The fourth-order valence-corrected chi connectivity index (χ4v) is 6.31. The summed E-state index contributed by atoms with van der Waals surface area (Å²) in [7, 11) is 0. The van der Waals surface area contributed by atoms with Crippen LogP contribution in [0, 0.1) is 0 Å². The molecule has 0 aliphatic heterocycles. The minimum Gasteiger partial charge on any atom is -0.355 e. The largest absolute Gasteiger partial charge is 0.355 e. The first-order chi connectivity index (χ1) is 19.3. The zero-order chi connectivity index (χ0) is 27.0. The molecule has 0 spiro atoms. The van der Waals surface area contributed by atoms with Crippen molar-refractivity contribution < 1.29 is 0 Å². The topological polar surface area (TPSA) is 24.9 Å². The number of para-hydroxylation sites is 1. The summed E-state index contributed by atoms with van der Waals surface area (Å²) < 4.78 is 0. The molecule has 2 nitrogen and oxygen atoms in total. The third-order valence-corrected chi connectivity index (χ3v) is 8.69. The Morgan fingerprint density at radius 2 is 1.23 bits per heavy atom. The summed E-state index contributed by atoms with van der Waals surface area (Å²) in [4.78, 5) is 5.10. The summed E-state index contributed by atoms with van der Waals surface area (Å²) in [6.45, 7) is 2.30. The van der Waals surface area contributed by atoms with Crippen LogP contribution >= 0.6 is 0 Å². The number of benzene rings is 2. The molecular weight excluding hydrogens is 472 g/mol. The molecule has 0 amide bonds. The SMILES string of the molecule is CCCCCCCCCCCCCCCCCCc1ccc2nc3c(c(Nc4ccccc4)c2c1)CCCC3. The number of hydrogen-bond acceptors (Lipinski definition) is 2.